The Hall–Kier alpha value is -4.66. The molecule has 0 aliphatic heterocycles. The molecule has 9 heteroatoms. The van der Waals surface area contributed by atoms with Gasteiger partial charge in [0.15, 0.2) is 0 Å². The van der Waals surface area contributed by atoms with Gasteiger partial charge in [-0.05, 0) is 30.3 Å². The molecule has 2 amide bonds. The van der Waals surface area contributed by atoms with Gasteiger partial charge >= 0.3 is 0 Å². The van der Waals surface area contributed by atoms with E-state index >= 15 is 0 Å². The Morgan fingerprint density at radius 3 is 2.40 bits per heavy atom. The van der Waals surface area contributed by atoms with Gasteiger partial charge in [0, 0.05) is 18.6 Å². The van der Waals surface area contributed by atoms with Crippen LogP contribution in [0.15, 0.2) is 71.5 Å². The number of carbonyl (C=O) groups is 2. The molecule has 4 aromatic rings. The zero-order valence-electron chi connectivity index (χ0n) is 19.5. The topological polar surface area (TPSA) is 112 Å². The number of hydrogen-bond acceptors (Lipinski definition) is 6. The summed E-state index contributed by atoms with van der Waals surface area (Å²) >= 11 is 0. The summed E-state index contributed by atoms with van der Waals surface area (Å²) in [6.07, 6.45) is 0. The lowest BCUT2D eigenvalue weighted by molar-refractivity contribution is -0.117. The molecule has 2 N–H and O–H groups in total. The van der Waals surface area contributed by atoms with Gasteiger partial charge in [-0.1, -0.05) is 30.3 Å². The van der Waals surface area contributed by atoms with E-state index in [1.54, 1.807) is 66.7 Å². The second-order valence-corrected chi connectivity index (χ2v) is 7.68. The fourth-order valence-electron chi connectivity index (χ4n) is 3.76. The molecule has 1 heterocycles. The van der Waals surface area contributed by atoms with Crippen molar-refractivity contribution in [1.82, 2.24) is 9.55 Å². The van der Waals surface area contributed by atoms with Crippen LogP contribution in [0.1, 0.15) is 6.92 Å². The highest BCUT2D eigenvalue weighted by Crippen LogP contribution is 2.29. The van der Waals surface area contributed by atoms with E-state index < -0.39 is 11.5 Å². The molecule has 0 spiro atoms. The highest BCUT2D eigenvalue weighted by atomic mass is 16.5. The molecule has 1 aromatic heterocycles. The first-order chi connectivity index (χ1) is 16.9. The summed E-state index contributed by atoms with van der Waals surface area (Å²) < 4.78 is 11.9. The van der Waals surface area contributed by atoms with Crippen molar-refractivity contribution in [1.29, 1.82) is 0 Å². The lowest BCUT2D eigenvalue weighted by atomic mass is 10.1. The Bertz CT molecular complexity index is 1480. The predicted molar refractivity (Wildman–Crippen MR) is 134 cm³/mol. The van der Waals surface area contributed by atoms with Crippen molar-refractivity contribution in [2.24, 2.45) is 0 Å². The first kappa shape index (κ1) is 23.5. The molecule has 0 fully saturated rings. The van der Waals surface area contributed by atoms with Crippen molar-refractivity contribution in [2.45, 2.75) is 13.5 Å². The summed E-state index contributed by atoms with van der Waals surface area (Å²) in [5, 5.41) is 5.52. The summed E-state index contributed by atoms with van der Waals surface area (Å²) in [4.78, 5) is 42.9. The maximum Gasteiger partial charge on any atom is 0.278 e. The average Bonchev–Trinajstić information content (AvgIpc) is 2.85. The van der Waals surface area contributed by atoms with Crippen LogP contribution in [0.5, 0.6) is 11.5 Å². The third-order valence-electron chi connectivity index (χ3n) is 5.33. The molecule has 9 nitrogen and oxygen atoms in total. The molecule has 0 atom stereocenters. The molecule has 0 aliphatic rings. The van der Waals surface area contributed by atoms with Gasteiger partial charge in [0.1, 0.15) is 23.7 Å². The highest BCUT2D eigenvalue weighted by molar-refractivity contribution is 5.95. The maximum absolute atomic E-state index is 13.6. The molecule has 4 rings (SSSR count). The monoisotopic (exact) mass is 472 g/mol. The van der Waals surface area contributed by atoms with E-state index in [4.69, 9.17) is 9.47 Å². The molecule has 0 unspecified atom stereocenters. The van der Waals surface area contributed by atoms with Crippen molar-refractivity contribution in [3.8, 4) is 22.8 Å². The van der Waals surface area contributed by atoms with Gasteiger partial charge in [-0.15, -0.1) is 0 Å². The minimum absolute atomic E-state index is 0.125. The lowest BCUT2D eigenvalue weighted by Crippen LogP contribution is -2.30. The van der Waals surface area contributed by atoms with Crippen molar-refractivity contribution in [3.05, 3.63) is 77.1 Å². The number of amides is 2. The lowest BCUT2D eigenvalue weighted by Gasteiger charge is -2.15. The Balaban J connectivity index is 1.78. The third-order valence-corrected chi connectivity index (χ3v) is 5.33. The first-order valence-corrected chi connectivity index (χ1v) is 10.8. The van der Waals surface area contributed by atoms with Crippen LogP contribution in [0, 0.1) is 0 Å². The third kappa shape index (κ3) is 4.98. The van der Waals surface area contributed by atoms with Crippen molar-refractivity contribution >= 4 is 34.2 Å². The summed E-state index contributed by atoms with van der Waals surface area (Å²) in [5.41, 5.74) is 2.03. The largest absolute Gasteiger partial charge is 0.497 e. The van der Waals surface area contributed by atoms with Crippen LogP contribution in [-0.2, 0) is 16.1 Å². The van der Waals surface area contributed by atoms with Gasteiger partial charge in [0.2, 0.25) is 11.8 Å². The number of para-hydroxylation sites is 3. The van der Waals surface area contributed by atoms with Crippen LogP contribution < -0.4 is 25.7 Å². The molecule has 0 bridgehead atoms. The molecule has 178 valence electrons. The van der Waals surface area contributed by atoms with Crippen LogP contribution in [0.3, 0.4) is 0 Å². The molecule has 0 aliphatic carbocycles. The number of anilines is 2. The van der Waals surface area contributed by atoms with Gasteiger partial charge in [-0.3, -0.25) is 19.0 Å². The average molecular weight is 473 g/mol. The molecule has 35 heavy (non-hydrogen) atoms. The van der Waals surface area contributed by atoms with Crippen molar-refractivity contribution in [2.75, 3.05) is 24.9 Å². The van der Waals surface area contributed by atoms with Crippen molar-refractivity contribution < 1.29 is 19.1 Å². The number of hydrogen-bond donors (Lipinski definition) is 2. The standard InChI is InChI=1S/C26H24N4O5/c1-16(31)27-19-9-5-4-8-18(19)25-26(33)30(22-11-7-6-10-20(22)29-25)15-24(32)28-21-14-17(34-2)12-13-23(21)35-3/h4-14H,15H2,1-3H3,(H,27,31)(H,28,32). The van der Waals surface area contributed by atoms with Crippen molar-refractivity contribution in [3.63, 3.8) is 0 Å². The second-order valence-electron chi connectivity index (χ2n) is 7.68. The molecular formula is C26H24N4O5. The molecule has 0 saturated carbocycles. The Morgan fingerprint density at radius 2 is 1.66 bits per heavy atom. The summed E-state index contributed by atoms with van der Waals surface area (Å²) in [6.45, 7) is 1.12. The fourth-order valence-corrected chi connectivity index (χ4v) is 3.76. The molecule has 0 radical (unpaired) electrons. The Kier molecular flexibility index (Phi) is 6.77. The smallest absolute Gasteiger partial charge is 0.278 e. The second kappa shape index (κ2) is 10.1. The highest BCUT2D eigenvalue weighted by Gasteiger charge is 2.18. The number of nitrogens with zero attached hydrogens (tertiary/aromatic N) is 2. The minimum atomic E-state index is -0.464. The SMILES string of the molecule is COc1ccc(OC)c(NC(=O)Cn2c(=O)c(-c3ccccc3NC(C)=O)nc3ccccc32)c1. The molecule has 3 aromatic carbocycles. The zero-order chi connectivity index (χ0) is 24.9. The fraction of sp³-hybridized carbons (Fsp3) is 0.154. The van der Waals surface area contributed by atoms with E-state index in [2.05, 4.69) is 15.6 Å². The number of fused-ring (bicyclic) bond motifs is 1. The van der Waals surface area contributed by atoms with Gasteiger partial charge in [-0.2, -0.15) is 0 Å². The number of aromatic nitrogens is 2. The summed E-state index contributed by atoms with van der Waals surface area (Å²) in [6, 6.07) is 19.0. The zero-order valence-corrected chi connectivity index (χ0v) is 19.5. The number of benzene rings is 3. The van der Waals surface area contributed by atoms with E-state index in [0.29, 0.717) is 39.5 Å². The molecular weight excluding hydrogens is 448 g/mol. The van der Waals surface area contributed by atoms with Crippen LogP contribution in [0.4, 0.5) is 11.4 Å². The van der Waals surface area contributed by atoms with Crippen LogP contribution >= 0.6 is 0 Å². The maximum atomic E-state index is 13.6. The van der Waals surface area contributed by atoms with Crippen LogP contribution in [0.2, 0.25) is 0 Å². The Labute approximate surface area is 201 Å². The van der Waals surface area contributed by atoms with E-state index in [-0.39, 0.29) is 18.1 Å². The van der Waals surface area contributed by atoms with E-state index in [1.165, 1.54) is 25.7 Å². The number of carbonyl (C=O) groups excluding carboxylic acids is 2. The normalized spacial score (nSPS) is 10.6. The van der Waals surface area contributed by atoms with Gasteiger partial charge in [0.05, 0.1) is 36.6 Å². The number of methoxy groups -OCH3 is 2. The molecule has 0 saturated heterocycles. The van der Waals surface area contributed by atoms with Gasteiger partial charge < -0.3 is 20.1 Å². The van der Waals surface area contributed by atoms with E-state index in [1.807, 2.05) is 0 Å². The van der Waals surface area contributed by atoms with Gasteiger partial charge in [-0.25, -0.2) is 4.98 Å². The van der Waals surface area contributed by atoms with Crippen LogP contribution in [-0.4, -0.2) is 35.6 Å². The Morgan fingerprint density at radius 1 is 0.914 bits per heavy atom. The van der Waals surface area contributed by atoms with Crippen LogP contribution in [0.25, 0.3) is 22.3 Å². The van der Waals surface area contributed by atoms with E-state index in [0.717, 1.165) is 0 Å². The minimum Gasteiger partial charge on any atom is -0.497 e. The van der Waals surface area contributed by atoms with Gasteiger partial charge in [0.25, 0.3) is 5.56 Å². The van der Waals surface area contributed by atoms with E-state index in [9.17, 15) is 14.4 Å². The number of ether oxygens (including phenoxy) is 2. The predicted octanol–water partition coefficient (Wildman–Crippen LogP) is 3.68. The first-order valence-electron chi connectivity index (χ1n) is 10.8. The summed E-state index contributed by atoms with van der Waals surface area (Å²) in [7, 11) is 3.02. The number of rotatable bonds is 7. The summed E-state index contributed by atoms with van der Waals surface area (Å²) in [5.74, 6) is 0.293. The quantitative estimate of drug-likeness (QED) is 0.425. The number of nitrogens with one attached hydrogen (secondary N) is 2.